The van der Waals surface area contributed by atoms with Gasteiger partial charge in [0.1, 0.15) is 36.2 Å². The highest BCUT2D eigenvalue weighted by Crippen LogP contribution is 2.38. The minimum Gasteiger partial charge on any atom is -0.460 e. The van der Waals surface area contributed by atoms with Gasteiger partial charge in [0.2, 0.25) is 5.79 Å². The van der Waals surface area contributed by atoms with E-state index in [1.54, 1.807) is 41.1 Å². The first-order valence-corrected chi connectivity index (χ1v) is 24.8. The first-order chi connectivity index (χ1) is 32.1. The summed E-state index contributed by atoms with van der Waals surface area (Å²) in [5.74, 6) is -8.54. The highest BCUT2D eigenvalue weighted by molar-refractivity contribution is 6.39. The van der Waals surface area contributed by atoms with E-state index < -0.39 is 83.9 Å². The number of Topliss-reactive ketones (excluding diaryl/α,β-unsaturated/α-hetero) is 3. The number of hydrogen-bond donors (Lipinski definition) is 2. The molecule has 0 aromatic rings. The van der Waals surface area contributed by atoms with Crippen LogP contribution in [0.15, 0.2) is 47.6 Å². The van der Waals surface area contributed by atoms with Gasteiger partial charge in [-0.05, 0) is 107 Å². The van der Waals surface area contributed by atoms with Crippen LogP contribution in [0, 0.1) is 35.5 Å². The second-order valence-corrected chi connectivity index (χ2v) is 20.2. The molecule has 0 aromatic carbocycles. The third kappa shape index (κ3) is 15.1. The van der Waals surface area contributed by atoms with Crippen LogP contribution in [0.3, 0.4) is 0 Å². The van der Waals surface area contributed by atoms with Crippen LogP contribution >= 0.6 is 0 Å². The van der Waals surface area contributed by atoms with Crippen molar-refractivity contribution in [2.24, 2.45) is 35.5 Å². The minimum absolute atomic E-state index is 0.0110. The number of cyclic esters (lactones) is 1. The van der Waals surface area contributed by atoms with Crippen molar-refractivity contribution in [2.45, 2.75) is 187 Å². The summed E-state index contributed by atoms with van der Waals surface area (Å²) in [7, 11) is 4.52. The van der Waals surface area contributed by atoms with E-state index in [2.05, 4.69) is 0 Å². The van der Waals surface area contributed by atoms with Gasteiger partial charge < -0.3 is 43.5 Å². The van der Waals surface area contributed by atoms with Gasteiger partial charge >= 0.3 is 11.9 Å². The molecule has 2 bridgehead atoms. The molecule has 15 heteroatoms. The number of piperidine rings is 1. The van der Waals surface area contributed by atoms with Crippen LogP contribution < -0.4 is 0 Å². The highest BCUT2D eigenvalue weighted by atomic mass is 16.6. The molecule has 1 amide bonds. The Labute approximate surface area is 404 Å². The predicted molar refractivity (Wildman–Crippen MR) is 255 cm³/mol. The number of aliphatic hydroxyl groups is 2. The van der Waals surface area contributed by atoms with Crippen molar-refractivity contribution in [2.75, 3.05) is 27.9 Å². The van der Waals surface area contributed by atoms with Gasteiger partial charge in [0.05, 0.1) is 18.3 Å². The molecule has 0 radical (unpaired) electrons. The van der Waals surface area contributed by atoms with Gasteiger partial charge in [0.25, 0.3) is 11.7 Å². The molecule has 4 rings (SSSR count). The van der Waals surface area contributed by atoms with Crippen LogP contribution in [0.4, 0.5) is 0 Å². The van der Waals surface area contributed by atoms with E-state index in [1.165, 1.54) is 18.9 Å². The number of fused-ring (bicyclic) bond motifs is 3. The molecule has 3 aliphatic heterocycles. The Bertz CT molecular complexity index is 1870. The SMILES string of the molecule is CO[C@H]1C[C@@H]2CC[C@@H](C)[C@@](O)(O2)C(=O)C(=O)N2CCCC[C@H]2C(=O)O[C@H](C(C)C[C@@H]2CC[C@@H](OC(C)=O)[C@H](OC)C2)CC(=O)[C@H](C)/C=C(\C)[C@@H](O)[C@@H](OC)C(=O)[C@H](C)C[C@H](C)/C=C/C=CC=C1C. The summed E-state index contributed by atoms with van der Waals surface area (Å²) in [6.07, 6.45) is 11.2. The molecule has 0 spiro atoms. The fraction of sp³-hybridized carbons (Fsp3) is 0.736. The Kier molecular flexibility index (Phi) is 22.0. The number of nitrogens with zero attached hydrogens (tertiary/aromatic N) is 1. The summed E-state index contributed by atoms with van der Waals surface area (Å²) >= 11 is 0. The number of carbonyl (C=O) groups excluding carboxylic acids is 6. The van der Waals surface area contributed by atoms with Gasteiger partial charge in [-0.2, -0.15) is 0 Å². The summed E-state index contributed by atoms with van der Waals surface area (Å²) in [4.78, 5) is 83.9. The molecule has 4 aliphatic rings. The van der Waals surface area contributed by atoms with Crippen molar-refractivity contribution in [1.82, 2.24) is 4.90 Å². The zero-order valence-corrected chi connectivity index (χ0v) is 42.5. The number of allylic oxidation sites excluding steroid dienone is 6. The first-order valence-electron chi connectivity index (χ1n) is 24.8. The van der Waals surface area contributed by atoms with Crippen LogP contribution in [-0.2, 0) is 57.2 Å². The van der Waals surface area contributed by atoms with Crippen molar-refractivity contribution in [1.29, 1.82) is 0 Å². The topological polar surface area (TPSA) is 201 Å². The van der Waals surface area contributed by atoms with E-state index in [1.807, 2.05) is 58.1 Å². The molecule has 15 atom stereocenters. The largest absolute Gasteiger partial charge is 0.460 e. The zero-order chi connectivity index (χ0) is 50.5. The van der Waals surface area contributed by atoms with Crippen molar-refractivity contribution in [3.63, 3.8) is 0 Å². The molecule has 15 nitrogen and oxygen atoms in total. The van der Waals surface area contributed by atoms with Gasteiger partial charge in [0.15, 0.2) is 5.78 Å². The van der Waals surface area contributed by atoms with E-state index in [-0.39, 0.29) is 60.8 Å². The second kappa shape index (κ2) is 26.4. The lowest BCUT2D eigenvalue weighted by molar-refractivity contribution is -0.265. The average Bonchev–Trinajstić information content (AvgIpc) is 3.30. The third-order valence-electron chi connectivity index (χ3n) is 14.8. The highest BCUT2D eigenvalue weighted by Gasteiger charge is 2.53. The van der Waals surface area contributed by atoms with Crippen LogP contribution in [0.1, 0.15) is 132 Å². The van der Waals surface area contributed by atoms with Gasteiger partial charge in [-0.15, -0.1) is 0 Å². The predicted octanol–water partition coefficient (Wildman–Crippen LogP) is 6.75. The van der Waals surface area contributed by atoms with E-state index in [0.29, 0.717) is 69.8 Å². The Hall–Kier alpha value is -3.86. The number of ketones is 3. The number of esters is 2. The minimum atomic E-state index is -2.44. The summed E-state index contributed by atoms with van der Waals surface area (Å²) in [5, 5.41) is 23.4. The molecule has 1 unspecified atom stereocenters. The standard InChI is InChI=1S/C53H81NO14/c1-31-17-13-12-14-18-32(2)44(63-9)29-40-22-20-37(7)53(62,68-40)50(59)51(60)54-24-16-15-19-41(54)52(61)67-45(34(4)27-39-21-23-43(66-38(8)55)46(28-39)64-10)30-42(56)33(3)26-36(6)48(58)49(65-11)47(57)35(5)25-31/h12-14,17-18,26,31,33-35,37,39-41,43-46,48-49,58,62H,15-16,19-25,27-30H2,1-11H3/b14-12?,17-13+,32-18?,36-26+/t31-,33-,34?,35-,37-,39+,40+,41+,43-,44+,45+,46-,48-,49+,53-/m1/s1. The van der Waals surface area contributed by atoms with Crippen molar-refractivity contribution in [3.05, 3.63) is 47.6 Å². The Morgan fingerprint density at radius 1 is 0.868 bits per heavy atom. The zero-order valence-electron chi connectivity index (χ0n) is 42.5. The monoisotopic (exact) mass is 956 g/mol. The smallest absolute Gasteiger partial charge is 0.329 e. The summed E-state index contributed by atoms with van der Waals surface area (Å²) in [5.41, 5.74) is 1.25. The molecular weight excluding hydrogens is 875 g/mol. The van der Waals surface area contributed by atoms with Crippen molar-refractivity contribution < 1.29 is 67.4 Å². The summed E-state index contributed by atoms with van der Waals surface area (Å²) in [6.45, 7) is 14.1. The van der Waals surface area contributed by atoms with E-state index in [9.17, 15) is 39.0 Å². The number of methoxy groups -OCH3 is 3. The maximum Gasteiger partial charge on any atom is 0.329 e. The van der Waals surface area contributed by atoms with Crippen LogP contribution in [0.2, 0.25) is 0 Å². The normalized spacial score (nSPS) is 37.8. The first kappa shape index (κ1) is 56.7. The molecule has 2 saturated heterocycles. The van der Waals surface area contributed by atoms with Gasteiger partial charge in [-0.1, -0.05) is 71.1 Å². The van der Waals surface area contributed by atoms with Gasteiger partial charge in [-0.3, -0.25) is 24.0 Å². The lowest BCUT2D eigenvalue weighted by Crippen LogP contribution is -2.61. The number of rotatable bonds is 7. The number of amides is 1. The molecule has 68 heavy (non-hydrogen) atoms. The Balaban J connectivity index is 1.70. The lowest BCUT2D eigenvalue weighted by Gasteiger charge is -2.42. The molecule has 2 N–H and O–H groups in total. The number of hydrogen-bond acceptors (Lipinski definition) is 14. The van der Waals surface area contributed by atoms with Crippen LogP contribution in [0.5, 0.6) is 0 Å². The summed E-state index contributed by atoms with van der Waals surface area (Å²) < 4.78 is 35.1. The fourth-order valence-electron chi connectivity index (χ4n) is 10.4. The third-order valence-corrected chi connectivity index (χ3v) is 14.8. The van der Waals surface area contributed by atoms with E-state index in [0.717, 1.165) is 5.57 Å². The van der Waals surface area contributed by atoms with Crippen molar-refractivity contribution >= 4 is 35.2 Å². The molecule has 1 saturated carbocycles. The quantitative estimate of drug-likeness (QED) is 0.154. The molecule has 382 valence electrons. The van der Waals surface area contributed by atoms with E-state index >= 15 is 0 Å². The lowest BCUT2D eigenvalue weighted by atomic mass is 9.78. The molecule has 0 aromatic heterocycles. The number of ether oxygens (including phenoxy) is 6. The molecule has 3 heterocycles. The van der Waals surface area contributed by atoms with Crippen LogP contribution in [-0.4, -0.2) is 133 Å². The van der Waals surface area contributed by atoms with E-state index in [4.69, 9.17) is 28.4 Å². The molecule has 3 fully saturated rings. The average molecular weight is 956 g/mol. The fourth-order valence-corrected chi connectivity index (χ4v) is 10.4. The number of aliphatic hydroxyl groups excluding tert-OH is 1. The van der Waals surface area contributed by atoms with Gasteiger partial charge in [0, 0.05) is 65.4 Å². The van der Waals surface area contributed by atoms with Gasteiger partial charge in [-0.25, -0.2) is 4.79 Å². The molecular formula is C53H81NO14. The Morgan fingerprint density at radius 2 is 1.59 bits per heavy atom. The maximum absolute atomic E-state index is 14.4. The number of carbonyl (C=O) groups is 6. The van der Waals surface area contributed by atoms with Crippen LogP contribution in [0.25, 0.3) is 0 Å². The van der Waals surface area contributed by atoms with Crippen molar-refractivity contribution in [3.8, 4) is 0 Å². The molecule has 1 aliphatic carbocycles. The second-order valence-electron chi connectivity index (χ2n) is 20.2. The Morgan fingerprint density at radius 3 is 2.25 bits per heavy atom. The maximum atomic E-state index is 14.4. The summed E-state index contributed by atoms with van der Waals surface area (Å²) in [6, 6.07) is -1.16.